The van der Waals surface area contributed by atoms with Gasteiger partial charge in [-0.25, -0.2) is 13.9 Å². The molecule has 7 nitrogen and oxygen atoms in total. The fourth-order valence-electron chi connectivity index (χ4n) is 3.01. The van der Waals surface area contributed by atoms with Crippen molar-refractivity contribution >= 4 is 23.5 Å². The second kappa shape index (κ2) is 10.3. The SMILES string of the molecule is CCOc1ccc(CN(C)C(=O)COC(=O)c2c(C)nn(-c3ccc(F)cc3)c2Cl)cc1. The van der Waals surface area contributed by atoms with Crippen LogP contribution in [0.25, 0.3) is 5.69 Å². The normalized spacial score (nSPS) is 10.7. The average molecular weight is 460 g/mol. The number of halogens is 2. The third kappa shape index (κ3) is 5.45. The molecule has 0 aliphatic carbocycles. The molecule has 0 spiro atoms. The molecule has 1 heterocycles. The molecule has 0 saturated heterocycles. The summed E-state index contributed by atoms with van der Waals surface area (Å²) in [5.41, 5.74) is 1.79. The van der Waals surface area contributed by atoms with Gasteiger partial charge in [-0.05, 0) is 55.8 Å². The van der Waals surface area contributed by atoms with E-state index in [1.165, 1.54) is 33.8 Å². The van der Waals surface area contributed by atoms with Crippen molar-refractivity contribution in [1.29, 1.82) is 0 Å². The first-order valence-electron chi connectivity index (χ1n) is 9.94. The van der Waals surface area contributed by atoms with Crippen LogP contribution in [0.4, 0.5) is 4.39 Å². The number of nitrogens with zero attached hydrogens (tertiary/aromatic N) is 3. The maximum Gasteiger partial charge on any atom is 0.343 e. The number of ether oxygens (including phenoxy) is 2. The van der Waals surface area contributed by atoms with Crippen LogP contribution < -0.4 is 4.74 Å². The van der Waals surface area contributed by atoms with Gasteiger partial charge in [-0.15, -0.1) is 0 Å². The molecule has 0 saturated carbocycles. The number of aryl methyl sites for hydroxylation is 1. The number of carbonyl (C=O) groups is 2. The Hall–Kier alpha value is -3.39. The van der Waals surface area contributed by atoms with E-state index in [1.54, 1.807) is 14.0 Å². The highest BCUT2D eigenvalue weighted by molar-refractivity contribution is 6.33. The maximum absolute atomic E-state index is 13.2. The minimum absolute atomic E-state index is 0.0225. The molecular weight excluding hydrogens is 437 g/mol. The molecule has 3 aromatic rings. The van der Waals surface area contributed by atoms with Crippen molar-refractivity contribution in [2.75, 3.05) is 20.3 Å². The Kier molecular flexibility index (Phi) is 7.48. The summed E-state index contributed by atoms with van der Waals surface area (Å²) in [5, 5.41) is 4.25. The fraction of sp³-hybridized carbons (Fsp3) is 0.261. The minimum atomic E-state index is -0.760. The van der Waals surface area contributed by atoms with Crippen LogP contribution in [0, 0.1) is 12.7 Å². The number of hydrogen-bond donors (Lipinski definition) is 0. The zero-order valence-corrected chi connectivity index (χ0v) is 18.7. The van der Waals surface area contributed by atoms with E-state index in [9.17, 15) is 14.0 Å². The topological polar surface area (TPSA) is 73.7 Å². The van der Waals surface area contributed by atoms with Gasteiger partial charge in [0.2, 0.25) is 0 Å². The molecule has 0 N–H and O–H groups in total. The van der Waals surface area contributed by atoms with Crippen molar-refractivity contribution in [2.24, 2.45) is 0 Å². The number of amides is 1. The summed E-state index contributed by atoms with van der Waals surface area (Å²) in [6.45, 7) is 4.00. The molecule has 0 bridgehead atoms. The van der Waals surface area contributed by atoms with Gasteiger partial charge in [0, 0.05) is 13.6 Å². The molecule has 1 amide bonds. The molecule has 0 atom stereocenters. The number of esters is 1. The second-order valence-corrected chi connectivity index (χ2v) is 7.40. The molecular formula is C23H23ClFN3O4. The molecule has 0 aliphatic heterocycles. The van der Waals surface area contributed by atoms with Crippen LogP contribution in [-0.2, 0) is 16.1 Å². The van der Waals surface area contributed by atoms with E-state index in [1.807, 2.05) is 31.2 Å². The quantitative estimate of drug-likeness (QED) is 0.472. The van der Waals surface area contributed by atoms with Crippen LogP contribution in [0.15, 0.2) is 48.5 Å². The van der Waals surface area contributed by atoms with Gasteiger partial charge in [-0.1, -0.05) is 23.7 Å². The second-order valence-electron chi connectivity index (χ2n) is 7.04. The summed E-state index contributed by atoms with van der Waals surface area (Å²) < 4.78 is 25.1. The summed E-state index contributed by atoms with van der Waals surface area (Å²) in [6, 6.07) is 12.9. The van der Waals surface area contributed by atoms with Gasteiger partial charge in [-0.2, -0.15) is 5.10 Å². The van der Waals surface area contributed by atoms with Crippen molar-refractivity contribution < 1.29 is 23.5 Å². The van der Waals surface area contributed by atoms with E-state index in [0.717, 1.165) is 11.3 Å². The largest absolute Gasteiger partial charge is 0.494 e. The predicted octanol–water partition coefficient (Wildman–Crippen LogP) is 4.19. The molecule has 0 radical (unpaired) electrons. The lowest BCUT2D eigenvalue weighted by Crippen LogP contribution is -2.30. The van der Waals surface area contributed by atoms with Gasteiger partial charge in [0.15, 0.2) is 6.61 Å². The minimum Gasteiger partial charge on any atom is -0.494 e. The third-order valence-corrected chi connectivity index (χ3v) is 5.04. The van der Waals surface area contributed by atoms with Gasteiger partial charge in [-0.3, -0.25) is 4.79 Å². The molecule has 0 fully saturated rings. The first-order chi connectivity index (χ1) is 15.3. The van der Waals surface area contributed by atoms with Gasteiger partial charge >= 0.3 is 5.97 Å². The molecule has 3 rings (SSSR count). The smallest absolute Gasteiger partial charge is 0.343 e. The molecule has 0 aliphatic rings. The van der Waals surface area contributed by atoms with Gasteiger partial charge in [0.05, 0.1) is 18.0 Å². The first-order valence-corrected chi connectivity index (χ1v) is 10.3. The Morgan fingerprint density at radius 2 is 1.78 bits per heavy atom. The van der Waals surface area contributed by atoms with Crippen molar-refractivity contribution in [2.45, 2.75) is 20.4 Å². The summed E-state index contributed by atoms with van der Waals surface area (Å²) in [4.78, 5) is 26.4. The standard InChI is InChI=1S/C23H23ClFN3O4/c1-4-31-19-11-5-16(6-12-19)13-27(3)20(29)14-32-23(30)21-15(2)26-28(22(21)24)18-9-7-17(25)8-10-18/h5-12H,4,13-14H2,1-3H3. The summed E-state index contributed by atoms with van der Waals surface area (Å²) >= 11 is 6.32. The molecule has 9 heteroatoms. The lowest BCUT2D eigenvalue weighted by molar-refractivity contribution is -0.133. The Morgan fingerprint density at radius 3 is 2.41 bits per heavy atom. The summed E-state index contributed by atoms with van der Waals surface area (Å²) in [7, 11) is 1.62. The highest BCUT2D eigenvalue weighted by Gasteiger charge is 2.23. The molecule has 2 aromatic carbocycles. The van der Waals surface area contributed by atoms with Crippen molar-refractivity contribution in [3.05, 3.63) is 76.3 Å². The molecule has 32 heavy (non-hydrogen) atoms. The van der Waals surface area contributed by atoms with E-state index < -0.39 is 18.4 Å². The average Bonchev–Trinajstić information content (AvgIpc) is 3.07. The zero-order chi connectivity index (χ0) is 23.3. The Balaban J connectivity index is 1.61. The highest BCUT2D eigenvalue weighted by atomic mass is 35.5. The lowest BCUT2D eigenvalue weighted by Gasteiger charge is -2.17. The van der Waals surface area contributed by atoms with E-state index in [2.05, 4.69) is 5.10 Å². The van der Waals surface area contributed by atoms with Crippen LogP contribution in [0.5, 0.6) is 5.75 Å². The Labute approximate surface area is 190 Å². The third-order valence-electron chi connectivity index (χ3n) is 4.69. The van der Waals surface area contributed by atoms with Crippen LogP contribution in [0.3, 0.4) is 0 Å². The van der Waals surface area contributed by atoms with E-state index in [-0.39, 0.29) is 16.6 Å². The van der Waals surface area contributed by atoms with Crippen LogP contribution in [0.1, 0.15) is 28.5 Å². The predicted molar refractivity (Wildman–Crippen MR) is 118 cm³/mol. The fourth-order valence-corrected chi connectivity index (χ4v) is 3.36. The summed E-state index contributed by atoms with van der Waals surface area (Å²) in [5.74, 6) is -0.774. The number of benzene rings is 2. The number of carbonyl (C=O) groups excluding carboxylic acids is 2. The first kappa shape index (κ1) is 23.3. The van der Waals surface area contributed by atoms with Crippen molar-refractivity contribution in [3.8, 4) is 11.4 Å². The van der Waals surface area contributed by atoms with E-state index in [4.69, 9.17) is 21.1 Å². The van der Waals surface area contributed by atoms with Gasteiger partial charge in [0.1, 0.15) is 22.3 Å². The summed E-state index contributed by atoms with van der Waals surface area (Å²) in [6.07, 6.45) is 0. The van der Waals surface area contributed by atoms with E-state index >= 15 is 0 Å². The van der Waals surface area contributed by atoms with Gasteiger partial charge in [0.25, 0.3) is 5.91 Å². The molecule has 1 aromatic heterocycles. The van der Waals surface area contributed by atoms with Gasteiger partial charge < -0.3 is 14.4 Å². The van der Waals surface area contributed by atoms with E-state index in [0.29, 0.717) is 24.5 Å². The lowest BCUT2D eigenvalue weighted by atomic mass is 10.2. The van der Waals surface area contributed by atoms with Crippen molar-refractivity contribution in [1.82, 2.24) is 14.7 Å². The van der Waals surface area contributed by atoms with Crippen LogP contribution in [-0.4, -0.2) is 46.8 Å². The monoisotopic (exact) mass is 459 g/mol. The maximum atomic E-state index is 13.2. The Bertz CT molecular complexity index is 1100. The number of rotatable bonds is 8. The zero-order valence-electron chi connectivity index (χ0n) is 18.0. The van der Waals surface area contributed by atoms with Crippen LogP contribution >= 0.6 is 11.6 Å². The highest BCUT2D eigenvalue weighted by Crippen LogP contribution is 2.24. The van der Waals surface area contributed by atoms with Crippen molar-refractivity contribution in [3.63, 3.8) is 0 Å². The Morgan fingerprint density at radius 1 is 1.12 bits per heavy atom. The number of hydrogen-bond acceptors (Lipinski definition) is 5. The molecule has 0 unspecified atom stereocenters. The van der Waals surface area contributed by atoms with Crippen LogP contribution in [0.2, 0.25) is 5.15 Å². The number of aromatic nitrogens is 2. The molecule has 168 valence electrons. The number of likely N-dealkylation sites (N-methyl/N-ethyl adjacent to an activating group) is 1.